The summed E-state index contributed by atoms with van der Waals surface area (Å²) in [5.74, 6) is 0.564. The van der Waals surface area contributed by atoms with Crippen LogP contribution in [0.1, 0.15) is 10.4 Å². The Morgan fingerprint density at radius 3 is 2.10 bits per heavy atom. The van der Waals surface area contributed by atoms with E-state index in [1.54, 1.807) is 21.9 Å². The zero-order valence-electron chi connectivity index (χ0n) is 16.3. The Balaban J connectivity index is 1.50. The van der Waals surface area contributed by atoms with E-state index in [1.165, 1.54) is 13.2 Å². The zero-order chi connectivity index (χ0) is 21.1. The van der Waals surface area contributed by atoms with Crippen LogP contribution in [0.25, 0.3) is 0 Å². The van der Waals surface area contributed by atoms with Gasteiger partial charge in [0.25, 0.3) is 0 Å². The molecule has 0 aliphatic carbocycles. The maximum atomic E-state index is 13.0. The molecule has 1 heterocycles. The first-order valence-electron chi connectivity index (χ1n) is 9.40. The molecule has 1 N–H and O–H groups in total. The van der Waals surface area contributed by atoms with Gasteiger partial charge in [-0.1, -0.05) is 18.2 Å². The molecule has 7 nitrogen and oxygen atoms in total. The molecule has 0 atom stereocenters. The number of aromatic carboxylic acids is 1. The summed E-state index contributed by atoms with van der Waals surface area (Å²) >= 11 is 0. The van der Waals surface area contributed by atoms with Crippen molar-refractivity contribution in [1.29, 1.82) is 0 Å². The van der Waals surface area contributed by atoms with E-state index < -0.39 is 5.97 Å². The van der Waals surface area contributed by atoms with Gasteiger partial charge in [0.05, 0.1) is 7.11 Å². The minimum atomic E-state index is -1.08. The molecule has 7 heteroatoms. The van der Waals surface area contributed by atoms with Gasteiger partial charge in [0.2, 0.25) is 0 Å². The molecule has 0 radical (unpaired) electrons. The number of para-hydroxylation sites is 1. The van der Waals surface area contributed by atoms with Gasteiger partial charge < -0.3 is 14.6 Å². The van der Waals surface area contributed by atoms with Crippen LogP contribution < -0.4 is 19.3 Å². The highest BCUT2D eigenvalue weighted by atomic mass is 16.5. The second kappa shape index (κ2) is 8.16. The molecule has 152 valence electrons. The summed E-state index contributed by atoms with van der Waals surface area (Å²) in [7, 11) is 1.41. The molecule has 1 fully saturated rings. The lowest BCUT2D eigenvalue weighted by atomic mass is 10.1. The van der Waals surface area contributed by atoms with Crippen molar-refractivity contribution < 1.29 is 24.2 Å². The smallest absolute Gasteiger partial charge is 0.339 e. The lowest BCUT2D eigenvalue weighted by Crippen LogP contribution is -2.31. The van der Waals surface area contributed by atoms with E-state index in [2.05, 4.69) is 0 Å². The molecule has 0 unspecified atom stereocenters. The van der Waals surface area contributed by atoms with E-state index in [-0.39, 0.29) is 17.3 Å². The van der Waals surface area contributed by atoms with Crippen molar-refractivity contribution in [2.75, 3.05) is 30.0 Å². The fraction of sp³-hybridized carbons (Fsp3) is 0.130. The molecule has 4 rings (SSSR count). The van der Waals surface area contributed by atoms with Crippen molar-refractivity contribution >= 4 is 23.4 Å². The van der Waals surface area contributed by atoms with Gasteiger partial charge in [-0.2, -0.15) is 0 Å². The van der Waals surface area contributed by atoms with Gasteiger partial charge in [-0.3, -0.25) is 9.80 Å². The number of hydrogen-bond donors (Lipinski definition) is 1. The van der Waals surface area contributed by atoms with Crippen molar-refractivity contribution in [3.63, 3.8) is 0 Å². The number of anilines is 2. The third kappa shape index (κ3) is 3.77. The molecule has 0 spiro atoms. The molecule has 0 bridgehead atoms. The van der Waals surface area contributed by atoms with E-state index >= 15 is 0 Å². The number of methoxy groups -OCH3 is 1. The molecule has 30 heavy (non-hydrogen) atoms. The molecular formula is C23H20N2O5. The van der Waals surface area contributed by atoms with Crippen molar-refractivity contribution in [2.24, 2.45) is 0 Å². The van der Waals surface area contributed by atoms with Gasteiger partial charge in [-0.25, -0.2) is 9.59 Å². The van der Waals surface area contributed by atoms with Crippen LogP contribution in [0, 0.1) is 0 Å². The maximum absolute atomic E-state index is 13.0. The molecule has 3 aromatic carbocycles. The van der Waals surface area contributed by atoms with Crippen LogP contribution in [0.3, 0.4) is 0 Å². The molecule has 1 aliphatic rings. The number of carboxylic acid groups (broad SMARTS) is 1. The second-order valence-electron chi connectivity index (χ2n) is 6.68. The highest BCUT2D eigenvalue weighted by Crippen LogP contribution is 2.31. The Kier molecular flexibility index (Phi) is 5.26. The minimum Gasteiger partial charge on any atom is -0.496 e. The Hall–Kier alpha value is -4.00. The molecule has 1 saturated heterocycles. The van der Waals surface area contributed by atoms with Crippen LogP contribution >= 0.6 is 0 Å². The number of benzene rings is 3. The van der Waals surface area contributed by atoms with Crippen LogP contribution in [0.5, 0.6) is 17.2 Å². The maximum Gasteiger partial charge on any atom is 0.339 e. The van der Waals surface area contributed by atoms with Crippen molar-refractivity contribution in [3.05, 3.63) is 78.4 Å². The fourth-order valence-corrected chi connectivity index (χ4v) is 3.36. The molecule has 2 amide bonds. The largest absolute Gasteiger partial charge is 0.496 e. The van der Waals surface area contributed by atoms with Crippen molar-refractivity contribution in [2.45, 2.75) is 0 Å². The molecule has 1 aliphatic heterocycles. The number of hydrogen-bond acceptors (Lipinski definition) is 4. The Labute approximate surface area is 173 Å². The van der Waals surface area contributed by atoms with E-state index in [9.17, 15) is 14.7 Å². The third-order valence-corrected chi connectivity index (χ3v) is 4.86. The molecular weight excluding hydrogens is 384 g/mol. The quantitative estimate of drug-likeness (QED) is 0.648. The predicted molar refractivity (Wildman–Crippen MR) is 113 cm³/mol. The number of rotatable bonds is 6. The minimum absolute atomic E-state index is 0.0544. The van der Waals surface area contributed by atoms with E-state index in [0.717, 1.165) is 11.4 Å². The monoisotopic (exact) mass is 404 g/mol. The van der Waals surface area contributed by atoms with E-state index in [0.29, 0.717) is 24.5 Å². The summed E-state index contributed by atoms with van der Waals surface area (Å²) in [6, 6.07) is 21.3. The van der Waals surface area contributed by atoms with Crippen LogP contribution in [0.15, 0.2) is 72.8 Å². The normalized spacial score (nSPS) is 13.4. The lowest BCUT2D eigenvalue weighted by Gasteiger charge is -2.20. The van der Waals surface area contributed by atoms with Crippen LogP contribution in [-0.2, 0) is 0 Å². The summed E-state index contributed by atoms with van der Waals surface area (Å²) < 4.78 is 11.0. The molecule has 3 aromatic rings. The van der Waals surface area contributed by atoms with Gasteiger partial charge >= 0.3 is 12.0 Å². The van der Waals surface area contributed by atoms with Crippen LogP contribution in [0.4, 0.5) is 16.2 Å². The van der Waals surface area contributed by atoms with Crippen LogP contribution in [-0.4, -0.2) is 37.3 Å². The SMILES string of the molecule is COc1cc(N2CCN(c3ccc(Oc4ccccc4)cc3)C2=O)ccc1C(=O)O. The summed E-state index contributed by atoms with van der Waals surface area (Å²) in [6.45, 7) is 0.997. The molecule has 0 saturated carbocycles. The summed E-state index contributed by atoms with van der Waals surface area (Å²) in [4.78, 5) is 27.5. The zero-order valence-corrected chi connectivity index (χ0v) is 16.3. The van der Waals surface area contributed by atoms with Gasteiger partial charge in [0.1, 0.15) is 22.8 Å². The Bertz CT molecular complexity index is 1070. The number of amides is 2. The lowest BCUT2D eigenvalue weighted by molar-refractivity contribution is 0.0693. The third-order valence-electron chi connectivity index (χ3n) is 4.86. The first-order valence-corrected chi connectivity index (χ1v) is 9.40. The van der Waals surface area contributed by atoms with Crippen molar-refractivity contribution in [1.82, 2.24) is 0 Å². The van der Waals surface area contributed by atoms with Gasteiger partial charge in [0, 0.05) is 30.5 Å². The predicted octanol–water partition coefficient (Wildman–Crippen LogP) is 4.63. The van der Waals surface area contributed by atoms with Gasteiger partial charge in [-0.15, -0.1) is 0 Å². The highest BCUT2D eigenvalue weighted by Gasteiger charge is 2.31. The Morgan fingerprint density at radius 1 is 0.867 bits per heavy atom. The summed E-state index contributed by atoms with van der Waals surface area (Å²) in [5, 5.41) is 9.23. The first kappa shape index (κ1) is 19.3. The number of carboxylic acids is 1. The average Bonchev–Trinajstić information content (AvgIpc) is 3.15. The average molecular weight is 404 g/mol. The number of nitrogens with zero attached hydrogens (tertiary/aromatic N) is 2. The number of ether oxygens (including phenoxy) is 2. The number of carbonyl (C=O) groups is 2. The van der Waals surface area contributed by atoms with E-state index in [1.807, 2.05) is 54.6 Å². The van der Waals surface area contributed by atoms with Crippen molar-refractivity contribution in [3.8, 4) is 17.2 Å². The fourth-order valence-electron chi connectivity index (χ4n) is 3.36. The Morgan fingerprint density at radius 2 is 1.47 bits per heavy atom. The second-order valence-corrected chi connectivity index (χ2v) is 6.68. The summed E-state index contributed by atoms with van der Waals surface area (Å²) in [5.41, 5.74) is 1.41. The number of urea groups is 1. The molecule has 0 aromatic heterocycles. The summed E-state index contributed by atoms with van der Waals surface area (Å²) in [6.07, 6.45) is 0. The van der Waals surface area contributed by atoms with Gasteiger partial charge in [-0.05, 0) is 48.5 Å². The van der Waals surface area contributed by atoms with E-state index in [4.69, 9.17) is 9.47 Å². The standard InChI is InChI=1S/C23H20N2O5/c1-29-21-15-17(9-12-20(21)22(26)27)25-14-13-24(23(25)28)16-7-10-19(11-8-16)30-18-5-3-2-4-6-18/h2-12,15H,13-14H2,1H3,(H,26,27). The highest BCUT2D eigenvalue weighted by molar-refractivity contribution is 6.06. The number of carbonyl (C=O) groups excluding carboxylic acids is 1. The topological polar surface area (TPSA) is 79.3 Å². The van der Waals surface area contributed by atoms with Gasteiger partial charge in [0.15, 0.2) is 0 Å². The van der Waals surface area contributed by atoms with Crippen LogP contribution in [0.2, 0.25) is 0 Å². The first-order chi connectivity index (χ1) is 14.6.